The first-order valence-corrected chi connectivity index (χ1v) is 9.34. The number of anilines is 1. The van der Waals surface area contributed by atoms with Crippen molar-refractivity contribution in [3.8, 4) is 17.0 Å². The van der Waals surface area contributed by atoms with Gasteiger partial charge in [-0.3, -0.25) is 4.79 Å². The minimum Gasteiger partial charge on any atom is -0.497 e. The van der Waals surface area contributed by atoms with Crippen LogP contribution in [0.25, 0.3) is 11.3 Å². The number of hydrogen-bond donors (Lipinski definition) is 1. The summed E-state index contributed by atoms with van der Waals surface area (Å²) in [4.78, 5) is 13.4. The predicted octanol–water partition coefficient (Wildman–Crippen LogP) is 4.59. The maximum Gasteiger partial charge on any atom is 0.269 e. The lowest BCUT2D eigenvalue weighted by Gasteiger charge is -2.14. The Balaban J connectivity index is 1.95. The van der Waals surface area contributed by atoms with Crippen LogP contribution in [0.3, 0.4) is 0 Å². The number of carbonyl (C=O) groups is 1. The summed E-state index contributed by atoms with van der Waals surface area (Å²) in [5, 5.41) is 7.24. The first kappa shape index (κ1) is 18.1. The maximum absolute atomic E-state index is 12.9. The zero-order chi connectivity index (χ0) is 18.5. The van der Waals surface area contributed by atoms with E-state index in [4.69, 9.17) is 4.74 Å². The number of aryl methyl sites for hydroxylation is 2. The Labute approximate surface area is 157 Å². The molecule has 1 heterocycles. The molecule has 0 spiro atoms. The standard InChI is InChI=1S/C20H21N3O2S/c1-4-13-8-6-9-14(5-2)17(13)21-20(24)19-18(22-23-26-19)15-10-7-11-16(12-15)25-3/h6-12H,4-5H2,1-3H3,(H,21,24). The summed E-state index contributed by atoms with van der Waals surface area (Å²) in [6, 6.07) is 13.6. The molecule has 0 bridgehead atoms. The zero-order valence-electron chi connectivity index (χ0n) is 15.1. The molecule has 5 nitrogen and oxygen atoms in total. The quantitative estimate of drug-likeness (QED) is 0.692. The van der Waals surface area contributed by atoms with Crippen LogP contribution in [0.2, 0.25) is 0 Å². The van der Waals surface area contributed by atoms with Crippen LogP contribution in [-0.2, 0) is 12.8 Å². The SMILES string of the molecule is CCc1cccc(CC)c1NC(=O)c1snnc1-c1cccc(OC)c1. The summed E-state index contributed by atoms with van der Waals surface area (Å²) in [7, 11) is 1.61. The molecular weight excluding hydrogens is 346 g/mol. The molecule has 0 aliphatic carbocycles. The van der Waals surface area contributed by atoms with E-state index < -0.39 is 0 Å². The molecule has 3 aromatic rings. The number of nitrogens with one attached hydrogen (secondary N) is 1. The number of amides is 1. The molecule has 3 rings (SSSR count). The summed E-state index contributed by atoms with van der Waals surface area (Å²) in [5.74, 6) is 0.528. The van der Waals surface area contributed by atoms with Crippen LogP contribution in [0.15, 0.2) is 42.5 Å². The van der Waals surface area contributed by atoms with E-state index in [-0.39, 0.29) is 5.91 Å². The van der Waals surface area contributed by atoms with Gasteiger partial charge in [-0.2, -0.15) is 0 Å². The van der Waals surface area contributed by atoms with Crippen LogP contribution in [0.4, 0.5) is 5.69 Å². The fraction of sp³-hybridized carbons (Fsp3) is 0.250. The highest BCUT2D eigenvalue weighted by atomic mass is 32.1. The van der Waals surface area contributed by atoms with Gasteiger partial charge in [-0.25, -0.2) is 0 Å². The Hall–Kier alpha value is -2.73. The maximum atomic E-state index is 12.9. The van der Waals surface area contributed by atoms with Crippen molar-refractivity contribution in [3.05, 3.63) is 58.5 Å². The Morgan fingerprint density at radius 1 is 1.12 bits per heavy atom. The molecule has 0 saturated heterocycles. The molecular formula is C20H21N3O2S. The molecule has 1 aromatic heterocycles. The van der Waals surface area contributed by atoms with E-state index in [1.54, 1.807) is 7.11 Å². The van der Waals surface area contributed by atoms with Gasteiger partial charge in [-0.1, -0.05) is 48.7 Å². The van der Waals surface area contributed by atoms with Crippen molar-refractivity contribution in [2.75, 3.05) is 12.4 Å². The molecule has 0 radical (unpaired) electrons. The first-order chi connectivity index (χ1) is 12.7. The highest BCUT2D eigenvalue weighted by Gasteiger charge is 2.20. The Morgan fingerprint density at radius 2 is 1.81 bits per heavy atom. The molecule has 26 heavy (non-hydrogen) atoms. The van der Waals surface area contributed by atoms with Gasteiger partial charge in [-0.05, 0) is 47.6 Å². The third kappa shape index (κ3) is 3.60. The van der Waals surface area contributed by atoms with Crippen LogP contribution >= 0.6 is 11.5 Å². The van der Waals surface area contributed by atoms with Crippen molar-refractivity contribution in [1.82, 2.24) is 9.59 Å². The van der Waals surface area contributed by atoms with Crippen LogP contribution in [-0.4, -0.2) is 22.6 Å². The van der Waals surface area contributed by atoms with E-state index in [1.165, 1.54) is 0 Å². The average molecular weight is 367 g/mol. The van der Waals surface area contributed by atoms with Gasteiger partial charge in [0.15, 0.2) is 0 Å². The molecule has 0 fully saturated rings. The second-order valence-corrected chi connectivity index (χ2v) is 6.55. The van der Waals surface area contributed by atoms with Gasteiger partial charge in [0.05, 0.1) is 7.11 Å². The number of nitrogens with zero attached hydrogens (tertiary/aromatic N) is 2. The summed E-state index contributed by atoms with van der Waals surface area (Å²) in [6.07, 6.45) is 1.71. The lowest BCUT2D eigenvalue weighted by atomic mass is 10.0. The fourth-order valence-corrected chi connectivity index (χ4v) is 3.46. The number of ether oxygens (including phenoxy) is 1. The molecule has 1 amide bonds. The normalized spacial score (nSPS) is 10.6. The molecule has 0 saturated carbocycles. The number of aromatic nitrogens is 2. The van der Waals surface area contributed by atoms with Crippen molar-refractivity contribution in [3.63, 3.8) is 0 Å². The number of hydrogen-bond acceptors (Lipinski definition) is 5. The van der Waals surface area contributed by atoms with E-state index in [9.17, 15) is 4.79 Å². The monoisotopic (exact) mass is 367 g/mol. The smallest absolute Gasteiger partial charge is 0.269 e. The fourth-order valence-electron chi connectivity index (χ4n) is 2.87. The number of carbonyl (C=O) groups excluding carboxylic acids is 1. The van der Waals surface area contributed by atoms with E-state index in [2.05, 4.69) is 28.8 Å². The predicted molar refractivity (Wildman–Crippen MR) is 105 cm³/mol. The Kier molecular flexibility index (Phi) is 5.63. The molecule has 2 aromatic carbocycles. The Morgan fingerprint density at radius 3 is 2.46 bits per heavy atom. The van der Waals surface area contributed by atoms with Gasteiger partial charge in [0.1, 0.15) is 16.3 Å². The summed E-state index contributed by atoms with van der Waals surface area (Å²) in [5.41, 5.74) is 4.52. The van der Waals surface area contributed by atoms with E-state index in [0.29, 0.717) is 16.3 Å². The van der Waals surface area contributed by atoms with Crippen LogP contribution in [0.1, 0.15) is 34.6 Å². The van der Waals surface area contributed by atoms with E-state index in [0.717, 1.165) is 46.8 Å². The molecule has 134 valence electrons. The largest absolute Gasteiger partial charge is 0.497 e. The number of rotatable bonds is 6. The minimum atomic E-state index is -0.187. The molecule has 0 unspecified atom stereocenters. The van der Waals surface area contributed by atoms with Gasteiger partial charge in [0.25, 0.3) is 5.91 Å². The van der Waals surface area contributed by atoms with Crippen LogP contribution < -0.4 is 10.1 Å². The van der Waals surface area contributed by atoms with Crippen molar-refractivity contribution < 1.29 is 9.53 Å². The van der Waals surface area contributed by atoms with Gasteiger partial charge < -0.3 is 10.1 Å². The number of methoxy groups -OCH3 is 1. The number of benzene rings is 2. The summed E-state index contributed by atoms with van der Waals surface area (Å²) in [6.45, 7) is 4.17. The van der Waals surface area contributed by atoms with E-state index in [1.807, 2.05) is 42.5 Å². The topological polar surface area (TPSA) is 64.1 Å². The van der Waals surface area contributed by atoms with Gasteiger partial charge in [0.2, 0.25) is 0 Å². The van der Waals surface area contributed by atoms with Gasteiger partial charge in [-0.15, -0.1) is 5.10 Å². The highest BCUT2D eigenvalue weighted by molar-refractivity contribution is 7.08. The van der Waals surface area contributed by atoms with E-state index >= 15 is 0 Å². The summed E-state index contributed by atoms with van der Waals surface area (Å²) >= 11 is 1.10. The highest BCUT2D eigenvalue weighted by Crippen LogP contribution is 2.29. The third-order valence-corrected chi connectivity index (χ3v) is 5.00. The van der Waals surface area contributed by atoms with Crippen molar-refractivity contribution in [2.24, 2.45) is 0 Å². The lowest BCUT2D eigenvalue weighted by molar-refractivity contribution is 0.103. The minimum absolute atomic E-state index is 0.187. The Bertz CT molecular complexity index is 899. The van der Waals surface area contributed by atoms with Crippen molar-refractivity contribution >= 4 is 23.1 Å². The lowest BCUT2D eigenvalue weighted by Crippen LogP contribution is -2.14. The number of para-hydroxylation sites is 1. The second kappa shape index (κ2) is 8.10. The van der Waals surface area contributed by atoms with Crippen LogP contribution in [0, 0.1) is 0 Å². The molecule has 6 heteroatoms. The second-order valence-electron chi connectivity index (χ2n) is 5.80. The van der Waals surface area contributed by atoms with Crippen molar-refractivity contribution in [2.45, 2.75) is 26.7 Å². The molecule has 0 aliphatic rings. The molecule has 0 atom stereocenters. The van der Waals surface area contributed by atoms with Crippen LogP contribution in [0.5, 0.6) is 5.75 Å². The van der Waals surface area contributed by atoms with Crippen molar-refractivity contribution in [1.29, 1.82) is 0 Å². The zero-order valence-corrected chi connectivity index (χ0v) is 15.9. The summed E-state index contributed by atoms with van der Waals surface area (Å²) < 4.78 is 9.26. The average Bonchev–Trinajstić information content (AvgIpc) is 3.18. The first-order valence-electron chi connectivity index (χ1n) is 8.56. The molecule has 1 N–H and O–H groups in total. The van der Waals surface area contributed by atoms with Gasteiger partial charge in [0, 0.05) is 11.3 Å². The molecule has 0 aliphatic heterocycles. The van der Waals surface area contributed by atoms with Gasteiger partial charge >= 0.3 is 0 Å². The third-order valence-electron chi connectivity index (χ3n) is 4.27.